The quantitative estimate of drug-likeness (QED) is 0.626. The maximum atomic E-state index is 13.4. The summed E-state index contributed by atoms with van der Waals surface area (Å²) in [6.45, 7) is 3.54. The normalized spacial score (nSPS) is 18.5. The lowest BCUT2D eigenvalue weighted by Gasteiger charge is -2.42. The van der Waals surface area contributed by atoms with Gasteiger partial charge in [-0.05, 0) is 60.9 Å². The molecule has 1 fully saturated rings. The van der Waals surface area contributed by atoms with Gasteiger partial charge in [0.1, 0.15) is 5.69 Å². The fourth-order valence-corrected chi connectivity index (χ4v) is 5.21. The first kappa shape index (κ1) is 21.2. The zero-order valence-corrected chi connectivity index (χ0v) is 18.5. The van der Waals surface area contributed by atoms with E-state index in [4.69, 9.17) is 0 Å². The molecule has 2 amide bonds. The molecule has 1 N–H and O–H groups in total. The molecule has 5 nitrogen and oxygen atoms in total. The number of piperidine rings is 1. The zero-order valence-electron chi connectivity index (χ0n) is 17.7. The lowest BCUT2D eigenvalue weighted by molar-refractivity contribution is -0.133. The molecule has 1 saturated heterocycles. The van der Waals surface area contributed by atoms with Gasteiger partial charge >= 0.3 is 0 Å². The minimum Gasteiger partial charge on any atom is -0.356 e. The van der Waals surface area contributed by atoms with Crippen molar-refractivity contribution in [3.8, 4) is 10.4 Å². The average Bonchev–Trinajstić information content (AvgIpc) is 3.35. The van der Waals surface area contributed by atoms with Crippen molar-refractivity contribution in [1.82, 2.24) is 15.2 Å². The number of hydrogen-bond acceptors (Lipinski definition) is 4. The van der Waals surface area contributed by atoms with E-state index in [1.807, 2.05) is 31.2 Å². The third kappa shape index (κ3) is 4.54. The van der Waals surface area contributed by atoms with Crippen LogP contribution in [0.1, 0.15) is 35.8 Å². The minimum absolute atomic E-state index is 0.0227. The molecule has 0 spiro atoms. The van der Waals surface area contributed by atoms with E-state index in [0.29, 0.717) is 31.7 Å². The van der Waals surface area contributed by atoms with Crippen LogP contribution in [0.15, 0.2) is 66.2 Å². The van der Waals surface area contributed by atoms with Crippen molar-refractivity contribution in [1.29, 1.82) is 0 Å². The molecule has 4 rings (SSSR count). The molecule has 1 aromatic carbocycles. The molecule has 31 heavy (non-hydrogen) atoms. The van der Waals surface area contributed by atoms with E-state index in [9.17, 15) is 9.59 Å². The Morgan fingerprint density at radius 3 is 2.71 bits per heavy atom. The number of rotatable bonds is 6. The second kappa shape index (κ2) is 9.43. The van der Waals surface area contributed by atoms with Gasteiger partial charge in [0.25, 0.3) is 5.91 Å². The van der Waals surface area contributed by atoms with Gasteiger partial charge in [0.2, 0.25) is 5.91 Å². The molecule has 0 saturated carbocycles. The molecule has 2 aromatic heterocycles. The largest absolute Gasteiger partial charge is 0.356 e. The summed E-state index contributed by atoms with van der Waals surface area (Å²) in [5.41, 5.74) is 2.07. The highest BCUT2D eigenvalue weighted by atomic mass is 32.1. The molecule has 1 aliphatic rings. The van der Waals surface area contributed by atoms with Crippen LogP contribution in [-0.2, 0) is 11.2 Å². The lowest BCUT2D eigenvalue weighted by atomic mass is 9.73. The number of likely N-dealkylation sites (tertiary alicyclic amines) is 1. The van der Waals surface area contributed by atoms with Crippen LogP contribution in [0.4, 0.5) is 0 Å². The van der Waals surface area contributed by atoms with Gasteiger partial charge < -0.3 is 10.2 Å². The van der Waals surface area contributed by atoms with Gasteiger partial charge in [0, 0.05) is 30.7 Å². The predicted molar refractivity (Wildman–Crippen MR) is 124 cm³/mol. The first-order valence-corrected chi connectivity index (χ1v) is 11.6. The van der Waals surface area contributed by atoms with Gasteiger partial charge in [0.05, 0.1) is 5.41 Å². The Labute approximate surface area is 187 Å². The number of nitrogens with one attached hydrogen (secondary N) is 1. The molecule has 160 valence electrons. The van der Waals surface area contributed by atoms with Crippen LogP contribution < -0.4 is 5.32 Å². The van der Waals surface area contributed by atoms with Gasteiger partial charge in [-0.1, -0.05) is 36.4 Å². The molecule has 0 radical (unpaired) electrons. The van der Waals surface area contributed by atoms with Gasteiger partial charge in [-0.15, -0.1) is 11.3 Å². The topological polar surface area (TPSA) is 62.3 Å². The van der Waals surface area contributed by atoms with Crippen LogP contribution in [0, 0.1) is 5.41 Å². The average molecular weight is 434 g/mol. The number of thiophene rings is 1. The Morgan fingerprint density at radius 1 is 1.13 bits per heavy atom. The second-order valence-electron chi connectivity index (χ2n) is 8.00. The Balaban J connectivity index is 1.67. The Morgan fingerprint density at radius 2 is 1.97 bits per heavy atom. The summed E-state index contributed by atoms with van der Waals surface area (Å²) >= 11 is 1.70. The molecular weight excluding hydrogens is 406 g/mol. The molecule has 0 aliphatic carbocycles. The predicted octanol–water partition coefficient (Wildman–Crippen LogP) is 4.41. The minimum atomic E-state index is -0.661. The van der Waals surface area contributed by atoms with Crippen LogP contribution in [0.2, 0.25) is 0 Å². The summed E-state index contributed by atoms with van der Waals surface area (Å²) in [5, 5.41) is 5.11. The van der Waals surface area contributed by atoms with Gasteiger partial charge in [-0.3, -0.25) is 14.6 Å². The molecule has 3 heterocycles. The number of nitrogens with zero attached hydrogens (tertiary/aromatic N) is 2. The van der Waals surface area contributed by atoms with E-state index < -0.39 is 5.41 Å². The van der Waals surface area contributed by atoms with E-state index in [1.54, 1.807) is 34.6 Å². The third-order valence-electron chi connectivity index (χ3n) is 5.90. The van der Waals surface area contributed by atoms with E-state index in [1.165, 1.54) is 4.88 Å². The number of pyridine rings is 1. The number of hydrogen-bond donors (Lipinski definition) is 1. The number of aromatic nitrogens is 1. The van der Waals surface area contributed by atoms with Crippen LogP contribution in [0.5, 0.6) is 0 Å². The third-order valence-corrected chi connectivity index (χ3v) is 6.80. The molecule has 0 bridgehead atoms. The summed E-state index contributed by atoms with van der Waals surface area (Å²) in [7, 11) is 0. The van der Waals surface area contributed by atoms with E-state index >= 15 is 0 Å². The van der Waals surface area contributed by atoms with Crippen molar-refractivity contribution < 1.29 is 9.59 Å². The van der Waals surface area contributed by atoms with Crippen molar-refractivity contribution in [2.75, 3.05) is 19.6 Å². The summed E-state index contributed by atoms with van der Waals surface area (Å²) in [5.74, 6) is -0.0879. The van der Waals surface area contributed by atoms with Crippen LogP contribution in [0.3, 0.4) is 0 Å². The van der Waals surface area contributed by atoms with E-state index in [-0.39, 0.29) is 11.8 Å². The zero-order chi connectivity index (χ0) is 21.7. The highest BCUT2D eigenvalue weighted by molar-refractivity contribution is 7.13. The number of benzene rings is 1. The first-order chi connectivity index (χ1) is 15.1. The molecule has 6 heteroatoms. The summed E-state index contributed by atoms with van der Waals surface area (Å²) in [6, 6.07) is 17.8. The molecule has 0 unspecified atom stereocenters. The van der Waals surface area contributed by atoms with Crippen molar-refractivity contribution in [3.05, 3.63) is 77.4 Å². The first-order valence-electron chi connectivity index (χ1n) is 10.7. The Hall–Kier alpha value is -2.99. The number of carbonyl (C=O) groups excluding carboxylic acids is 2. The van der Waals surface area contributed by atoms with Crippen LogP contribution in [0.25, 0.3) is 10.4 Å². The Bertz CT molecular complexity index is 1040. The van der Waals surface area contributed by atoms with Gasteiger partial charge in [-0.2, -0.15) is 0 Å². The lowest BCUT2D eigenvalue weighted by Crippen LogP contribution is -2.54. The van der Waals surface area contributed by atoms with Crippen molar-refractivity contribution in [3.63, 3.8) is 0 Å². The second-order valence-corrected chi connectivity index (χ2v) is 8.94. The summed E-state index contributed by atoms with van der Waals surface area (Å²) in [6.07, 6.45) is 3.77. The molecular formula is C25H27N3O2S. The number of amides is 2. The fourth-order valence-electron chi connectivity index (χ4n) is 4.43. The summed E-state index contributed by atoms with van der Waals surface area (Å²) in [4.78, 5) is 33.7. The van der Waals surface area contributed by atoms with Crippen molar-refractivity contribution in [2.24, 2.45) is 5.41 Å². The maximum absolute atomic E-state index is 13.4. The Kier molecular flexibility index (Phi) is 6.47. The fraction of sp³-hybridized carbons (Fsp3) is 0.320. The van der Waals surface area contributed by atoms with E-state index in [2.05, 4.69) is 33.9 Å². The van der Waals surface area contributed by atoms with E-state index in [0.717, 1.165) is 24.0 Å². The van der Waals surface area contributed by atoms with Crippen LogP contribution >= 0.6 is 11.3 Å². The number of carbonyl (C=O) groups is 2. The molecule has 1 aliphatic heterocycles. The van der Waals surface area contributed by atoms with Crippen molar-refractivity contribution >= 4 is 23.2 Å². The molecule has 1 atom stereocenters. The summed E-state index contributed by atoms with van der Waals surface area (Å²) < 4.78 is 0. The highest BCUT2D eigenvalue weighted by Crippen LogP contribution is 2.38. The van der Waals surface area contributed by atoms with Gasteiger partial charge in [0.15, 0.2) is 0 Å². The highest BCUT2D eigenvalue weighted by Gasteiger charge is 2.44. The maximum Gasteiger partial charge on any atom is 0.272 e. The SMILES string of the molecule is CCNC(=O)[C@@]1(Cc2ccccc2-c2cccs2)CCCN(C(=O)c2ccccn2)C1. The standard InChI is InChI=1S/C25H27N3O2S/c1-2-26-24(30)25(17-19-9-3-4-10-20(19)22-12-7-16-31-22)13-8-15-28(18-25)23(29)21-11-5-6-14-27-21/h3-7,9-12,14,16H,2,8,13,15,17-18H2,1H3,(H,26,30)/t25-/m1/s1. The van der Waals surface area contributed by atoms with Crippen LogP contribution in [-0.4, -0.2) is 41.3 Å². The van der Waals surface area contributed by atoms with Gasteiger partial charge in [-0.25, -0.2) is 0 Å². The monoisotopic (exact) mass is 433 g/mol. The smallest absolute Gasteiger partial charge is 0.272 e. The molecule has 3 aromatic rings. The van der Waals surface area contributed by atoms with Crippen molar-refractivity contribution in [2.45, 2.75) is 26.2 Å².